The lowest BCUT2D eigenvalue weighted by Crippen LogP contribution is -2.41. The van der Waals surface area contributed by atoms with Crippen LogP contribution in [0.4, 0.5) is 0 Å². The number of ether oxygens (including phenoxy) is 1. The Morgan fingerprint density at radius 2 is 1.89 bits per heavy atom. The Bertz CT molecular complexity index is 1150. The molecule has 3 aromatic rings. The summed E-state index contributed by atoms with van der Waals surface area (Å²) in [4.78, 5) is 3.65. The predicted molar refractivity (Wildman–Crippen MR) is 108 cm³/mol. The zero-order valence-electron chi connectivity index (χ0n) is 16.6. The molecule has 0 saturated heterocycles. The first kappa shape index (κ1) is 20.7. The van der Waals surface area contributed by atoms with E-state index in [1.165, 1.54) is 38.4 Å². The number of imidazole rings is 1. The summed E-state index contributed by atoms with van der Waals surface area (Å²) in [6, 6.07) is 4.87. The standard InChI is InChI=1S/C18H24N4O4S2/c1-10-14(22-16(20-10)27-15(21-22)17(2,3)23)11-7-8-12(26-6)13(9-11)28(24,25)18(4,5)19/h7-9,23H,19H2,1-6H3. The van der Waals surface area contributed by atoms with Gasteiger partial charge in [0.2, 0.25) is 4.96 Å². The summed E-state index contributed by atoms with van der Waals surface area (Å²) in [5, 5.41) is 15.2. The van der Waals surface area contributed by atoms with Crippen molar-refractivity contribution >= 4 is 26.1 Å². The van der Waals surface area contributed by atoms with E-state index in [0.29, 0.717) is 26.9 Å². The number of sulfone groups is 1. The van der Waals surface area contributed by atoms with Gasteiger partial charge in [0, 0.05) is 5.56 Å². The Morgan fingerprint density at radius 1 is 1.25 bits per heavy atom. The van der Waals surface area contributed by atoms with Gasteiger partial charge in [0.25, 0.3) is 0 Å². The van der Waals surface area contributed by atoms with E-state index < -0.39 is 20.3 Å². The van der Waals surface area contributed by atoms with Gasteiger partial charge in [0.05, 0.1) is 18.5 Å². The van der Waals surface area contributed by atoms with Crippen LogP contribution in [0.2, 0.25) is 0 Å². The molecule has 0 atom stereocenters. The monoisotopic (exact) mass is 424 g/mol. The molecule has 0 amide bonds. The van der Waals surface area contributed by atoms with Gasteiger partial charge in [-0.2, -0.15) is 5.10 Å². The van der Waals surface area contributed by atoms with Crippen LogP contribution in [0.5, 0.6) is 5.75 Å². The Morgan fingerprint density at radius 3 is 2.43 bits per heavy atom. The molecule has 0 saturated carbocycles. The normalized spacial score (nSPS) is 13.3. The maximum Gasteiger partial charge on any atom is 0.213 e. The zero-order chi connectivity index (χ0) is 21.1. The molecule has 0 unspecified atom stereocenters. The summed E-state index contributed by atoms with van der Waals surface area (Å²) in [6.07, 6.45) is 0. The van der Waals surface area contributed by atoms with Crippen LogP contribution < -0.4 is 10.5 Å². The number of aliphatic hydroxyl groups is 1. The van der Waals surface area contributed by atoms with Crippen molar-refractivity contribution < 1.29 is 18.3 Å². The van der Waals surface area contributed by atoms with Crippen molar-refractivity contribution in [2.75, 3.05) is 7.11 Å². The third-order valence-electron chi connectivity index (χ3n) is 4.32. The quantitative estimate of drug-likeness (QED) is 0.645. The smallest absolute Gasteiger partial charge is 0.213 e. The predicted octanol–water partition coefficient (Wildman–Crippen LogP) is 2.47. The van der Waals surface area contributed by atoms with Crippen LogP contribution in [-0.4, -0.2) is 40.1 Å². The van der Waals surface area contributed by atoms with Crippen molar-refractivity contribution in [1.29, 1.82) is 0 Å². The first-order valence-electron chi connectivity index (χ1n) is 8.58. The third-order valence-corrected chi connectivity index (χ3v) is 7.83. The number of nitrogens with zero attached hydrogens (tertiary/aromatic N) is 3. The molecule has 0 aliphatic rings. The molecule has 0 spiro atoms. The molecule has 0 aliphatic carbocycles. The van der Waals surface area contributed by atoms with Gasteiger partial charge in [0.1, 0.15) is 26.1 Å². The Labute approximate surface area is 167 Å². The van der Waals surface area contributed by atoms with Crippen LogP contribution >= 0.6 is 11.3 Å². The highest BCUT2D eigenvalue weighted by Crippen LogP contribution is 2.36. The van der Waals surface area contributed by atoms with Crippen molar-refractivity contribution in [3.8, 4) is 17.0 Å². The summed E-state index contributed by atoms with van der Waals surface area (Å²) in [5.74, 6) is 0.219. The Hall–Kier alpha value is -2.01. The van der Waals surface area contributed by atoms with Crippen LogP contribution in [0.3, 0.4) is 0 Å². The highest BCUT2D eigenvalue weighted by atomic mass is 32.2. The number of hydrogen-bond donors (Lipinski definition) is 2. The summed E-state index contributed by atoms with van der Waals surface area (Å²) < 4.78 is 32.8. The number of rotatable bonds is 5. The minimum Gasteiger partial charge on any atom is -0.495 e. The second kappa shape index (κ2) is 6.51. The molecule has 3 N–H and O–H groups in total. The van der Waals surface area contributed by atoms with E-state index in [0.717, 1.165) is 0 Å². The molecule has 0 bridgehead atoms. The number of hydrogen-bond acceptors (Lipinski definition) is 8. The second-order valence-corrected chi connectivity index (χ2v) is 11.1. The molecular weight excluding hydrogens is 400 g/mol. The van der Waals surface area contributed by atoms with Gasteiger partial charge in [0.15, 0.2) is 9.84 Å². The van der Waals surface area contributed by atoms with Gasteiger partial charge in [-0.05, 0) is 52.8 Å². The van der Waals surface area contributed by atoms with Gasteiger partial charge in [-0.15, -0.1) is 0 Å². The number of aromatic nitrogens is 3. The van der Waals surface area contributed by atoms with Crippen molar-refractivity contribution in [2.45, 2.75) is 50.0 Å². The molecule has 8 nitrogen and oxygen atoms in total. The van der Waals surface area contributed by atoms with Gasteiger partial charge >= 0.3 is 0 Å². The lowest BCUT2D eigenvalue weighted by atomic mass is 10.1. The molecule has 0 aliphatic heterocycles. The summed E-state index contributed by atoms with van der Waals surface area (Å²) in [5.41, 5.74) is 6.76. The number of benzene rings is 1. The second-order valence-electron chi connectivity index (χ2n) is 7.68. The lowest BCUT2D eigenvalue weighted by molar-refractivity contribution is 0.0773. The highest BCUT2D eigenvalue weighted by Gasteiger charge is 2.35. The van der Waals surface area contributed by atoms with E-state index in [9.17, 15) is 13.5 Å². The molecule has 2 aromatic heterocycles. The minimum atomic E-state index is -3.85. The average Bonchev–Trinajstić information content (AvgIpc) is 3.09. The maximum absolute atomic E-state index is 13.0. The number of methoxy groups -OCH3 is 1. The first-order chi connectivity index (χ1) is 12.8. The largest absolute Gasteiger partial charge is 0.495 e. The van der Waals surface area contributed by atoms with E-state index >= 15 is 0 Å². The van der Waals surface area contributed by atoms with Crippen molar-refractivity contribution in [2.24, 2.45) is 5.73 Å². The Balaban J connectivity index is 2.27. The molecule has 3 rings (SSSR count). The van der Waals surface area contributed by atoms with Gasteiger partial charge < -0.3 is 15.6 Å². The van der Waals surface area contributed by atoms with E-state index in [4.69, 9.17) is 10.5 Å². The Kier molecular flexibility index (Phi) is 4.82. The van der Waals surface area contributed by atoms with Crippen LogP contribution in [0.1, 0.15) is 38.4 Å². The molecule has 152 valence electrons. The van der Waals surface area contributed by atoms with E-state index in [1.807, 2.05) is 6.92 Å². The fourth-order valence-corrected chi connectivity index (χ4v) is 4.96. The van der Waals surface area contributed by atoms with Crippen molar-refractivity contribution in [3.05, 3.63) is 28.9 Å². The molecule has 28 heavy (non-hydrogen) atoms. The zero-order valence-corrected chi connectivity index (χ0v) is 18.3. The van der Waals surface area contributed by atoms with E-state index in [1.54, 1.807) is 30.5 Å². The van der Waals surface area contributed by atoms with Crippen molar-refractivity contribution in [1.82, 2.24) is 14.6 Å². The summed E-state index contributed by atoms with van der Waals surface area (Å²) in [7, 11) is -2.44. The molecule has 10 heteroatoms. The van der Waals surface area contributed by atoms with Crippen molar-refractivity contribution in [3.63, 3.8) is 0 Å². The average molecular weight is 425 g/mol. The van der Waals surface area contributed by atoms with E-state index in [2.05, 4.69) is 10.1 Å². The van der Waals surface area contributed by atoms with Gasteiger partial charge in [-0.25, -0.2) is 17.9 Å². The topological polar surface area (TPSA) is 120 Å². The fraction of sp³-hybridized carbons (Fsp3) is 0.444. The summed E-state index contributed by atoms with van der Waals surface area (Å²) >= 11 is 1.28. The first-order valence-corrected chi connectivity index (χ1v) is 10.9. The molecular formula is C18H24N4O4S2. The molecule has 0 fully saturated rings. The van der Waals surface area contributed by atoms with E-state index in [-0.39, 0.29) is 10.6 Å². The highest BCUT2D eigenvalue weighted by molar-refractivity contribution is 7.92. The lowest BCUT2D eigenvalue weighted by Gasteiger charge is -2.21. The third kappa shape index (κ3) is 3.30. The van der Waals surface area contributed by atoms with Gasteiger partial charge in [-0.1, -0.05) is 11.3 Å². The number of fused-ring (bicyclic) bond motifs is 1. The molecule has 0 radical (unpaired) electrons. The number of nitrogens with two attached hydrogens (primary N) is 1. The van der Waals surface area contributed by atoms with Gasteiger partial charge in [-0.3, -0.25) is 0 Å². The van der Waals surface area contributed by atoms with Crippen LogP contribution in [0, 0.1) is 6.92 Å². The SMILES string of the molecule is COc1ccc(-c2c(C)nc3sc(C(C)(C)O)nn23)cc1S(=O)(=O)C(C)(C)N. The van der Waals surface area contributed by atoms with Crippen LogP contribution in [-0.2, 0) is 15.4 Å². The summed E-state index contributed by atoms with van der Waals surface area (Å²) in [6.45, 7) is 8.00. The fourth-order valence-electron chi connectivity index (χ4n) is 2.75. The molecule has 1 aromatic carbocycles. The van der Waals surface area contributed by atoms with Crippen LogP contribution in [0.15, 0.2) is 23.1 Å². The maximum atomic E-state index is 13.0. The minimum absolute atomic E-state index is 0.00675. The molecule has 2 heterocycles. The number of aryl methyl sites for hydroxylation is 1. The van der Waals surface area contributed by atoms with Crippen LogP contribution in [0.25, 0.3) is 16.2 Å².